The average molecular weight is 223 g/mol. The zero-order valence-corrected chi connectivity index (χ0v) is 9.87. The summed E-state index contributed by atoms with van der Waals surface area (Å²) in [5.41, 5.74) is 3.33. The van der Waals surface area contributed by atoms with Gasteiger partial charge in [-0.2, -0.15) is 5.10 Å². The van der Waals surface area contributed by atoms with Gasteiger partial charge < -0.3 is 10.4 Å². The molecule has 0 aromatic carbocycles. The third-order valence-corrected chi connectivity index (χ3v) is 2.60. The topological polar surface area (TPSA) is 67.2 Å². The fourth-order valence-corrected chi connectivity index (χ4v) is 1.49. The molecule has 0 aliphatic carbocycles. The highest BCUT2D eigenvalue weighted by Crippen LogP contribution is 2.11. The molecule has 0 aliphatic heterocycles. The maximum Gasteiger partial charge on any atom is 0.332 e. The SMILES string of the molecule is C=C(CNCc1c(C)nn(C)c1C)C(=O)O. The Labute approximate surface area is 94.8 Å². The van der Waals surface area contributed by atoms with Gasteiger partial charge in [0, 0.05) is 37.0 Å². The maximum absolute atomic E-state index is 10.5. The lowest BCUT2D eigenvalue weighted by molar-refractivity contribution is -0.132. The van der Waals surface area contributed by atoms with Crippen molar-refractivity contribution in [3.8, 4) is 0 Å². The van der Waals surface area contributed by atoms with Crippen molar-refractivity contribution in [2.24, 2.45) is 7.05 Å². The number of nitrogens with one attached hydrogen (secondary N) is 1. The summed E-state index contributed by atoms with van der Waals surface area (Å²) in [6.45, 7) is 8.27. The second kappa shape index (κ2) is 4.94. The Hall–Kier alpha value is -1.62. The zero-order chi connectivity index (χ0) is 12.3. The van der Waals surface area contributed by atoms with Crippen LogP contribution >= 0.6 is 0 Å². The molecule has 0 atom stereocenters. The van der Waals surface area contributed by atoms with E-state index in [1.54, 1.807) is 0 Å². The van der Waals surface area contributed by atoms with E-state index in [0.717, 1.165) is 17.0 Å². The highest BCUT2D eigenvalue weighted by Gasteiger charge is 2.09. The number of aliphatic carboxylic acids is 1. The zero-order valence-electron chi connectivity index (χ0n) is 9.87. The summed E-state index contributed by atoms with van der Waals surface area (Å²) in [6, 6.07) is 0. The minimum absolute atomic E-state index is 0.166. The van der Waals surface area contributed by atoms with Crippen molar-refractivity contribution in [3.05, 3.63) is 29.1 Å². The second-order valence-electron chi connectivity index (χ2n) is 3.79. The Morgan fingerprint density at radius 2 is 2.19 bits per heavy atom. The van der Waals surface area contributed by atoms with Crippen molar-refractivity contribution in [1.82, 2.24) is 15.1 Å². The van der Waals surface area contributed by atoms with Crippen LogP contribution in [0.1, 0.15) is 17.0 Å². The predicted molar refractivity (Wildman–Crippen MR) is 61.2 cm³/mol. The first-order valence-electron chi connectivity index (χ1n) is 5.04. The molecule has 1 heterocycles. The predicted octanol–water partition coefficient (Wildman–Crippen LogP) is 0.767. The van der Waals surface area contributed by atoms with E-state index < -0.39 is 5.97 Å². The first-order chi connectivity index (χ1) is 7.43. The van der Waals surface area contributed by atoms with Crippen LogP contribution in [0.2, 0.25) is 0 Å². The van der Waals surface area contributed by atoms with Crippen LogP contribution in [0.25, 0.3) is 0 Å². The summed E-state index contributed by atoms with van der Waals surface area (Å²) in [6.07, 6.45) is 0. The van der Waals surface area contributed by atoms with E-state index in [1.165, 1.54) is 0 Å². The molecule has 0 aliphatic rings. The van der Waals surface area contributed by atoms with Gasteiger partial charge in [0.05, 0.1) is 5.69 Å². The van der Waals surface area contributed by atoms with Crippen LogP contribution in [0.15, 0.2) is 12.2 Å². The van der Waals surface area contributed by atoms with Gasteiger partial charge in [0.25, 0.3) is 0 Å². The first-order valence-corrected chi connectivity index (χ1v) is 5.04. The van der Waals surface area contributed by atoms with Gasteiger partial charge in [0.2, 0.25) is 0 Å². The summed E-state index contributed by atoms with van der Waals surface area (Å²) in [5, 5.41) is 16.0. The molecule has 5 heteroatoms. The highest BCUT2D eigenvalue weighted by molar-refractivity contribution is 5.86. The number of aryl methyl sites for hydroxylation is 2. The van der Waals surface area contributed by atoms with Crippen molar-refractivity contribution in [1.29, 1.82) is 0 Å². The van der Waals surface area contributed by atoms with Crippen molar-refractivity contribution in [2.75, 3.05) is 6.54 Å². The number of aromatic nitrogens is 2. The van der Waals surface area contributed by atoms with E-state index in [2.05, 4.69) is 17.0 Å². The largest absolute Gasteiger partial charge is 0.478 e. The minimum Gasteiger partial charge on any atom is -0.478 e. The van der Waals surface area contributed by atoms with Gasteiger partial charge in [-0.05, 0) is 13.8 Å². The fraction of sp³-hybridized carbons (Fsp3) is 0.455. The molecule has 0 saturated heterocycles. The molecule has 1 aromatic rings. The van der Waals surface area contributed by atoms with Crippen LogP contribution in [-0.2, 0) is 18.4 Å². The van der Waals surface area contributed by atoms with Gasteiger partial charge in [-0.25, -0.2) is 4.79 Å². The maximum atomic E-state index is 10.5. The van der Waals surface area contributed by atoms with Crippen molar-refractivity contribution >= 4 is 5.97 Å². The Morgan fingerprint density at radius 1 is 1.56 bits per heavy atom. The number of carboxylic acids is 1. The molecule has 2 N–H and O–H groups in total. The molecule has 0 saturated carbocycles. The molecule has 88 valence electrons. The Morgan fingerprint density at radius 3 is 2.62 bits per heavy atom. The Bertz CT molecular complexity index is 421. The standard InChI is InChI=1S/C11H17N3O2/c1-7(11(15)16)5-12-6-10-8(2)13-14(4)9(10)3/h12H,1,5-6H2,2-4H3,(H,15,16). The monoisotopic (exact) mass is 223 g/mol. The van der Waals surface area contributed by atoms with Crippen LogP contribution in [0.3, 0.4) is 0 Å². The van der Waals surface area contributed by atoms with Crippen molar-refractivity contribution in [2.45, 2.75) is 20.4 Å². The number of rotatable bonds is 5. The number of nitrogens with zero attached hydrogens (tertiary/aromatic N) is 2. The minimum atomic E-state index is -0.966. The molecule has 0 unspecified atom stereocenters. The van der Waals surface area contributed by atoms with E-state index in [9.17, 15) is 4.79 Å². The summed E-state index contributed by atoms with van der Waals surface area (Å²) >= 11 is 0. The molecule has 0 fully saturated rings. The van der Waals surface area contributed by atoms with Gasteiger partial charge in [-0.3, -0.25) is 4.68 Å². The third kappa shape index (κ3) is 2.70. The fourth-order valence-electron chi connectivity index (χ4n) is 1.49. The van der Waals surface area contributed by atoms with Crippen LogP contribution in [0.4, 0.5) is 0 Å². The summed E-state index contributed by atoms with van der Waals surface area (Å²) in [5.74, 6) is -0.966. The molecule has 1 aromatic heterocycles. The molecule has 0 spiro atoms. The lowest BCUT2D eigenvalue weighted by Gasteiger charge is -2.05. The Kier molecular flexibility index (Phi) is 3.84. The lowest BCUT2D eigenvalue weighted by Crippen LogP contribution is -2.20. The van der Waals surface area contributed by atoms with Crippen LogP contribution in [0.5, 0.6) is 0 Å². The van der Waals surface area contributed by atoms with Gasteiger partial charge in [-0.15, -0.1) is 0 Å². The molecule has 0 amide bonds. The molecular formula is C11H17N3O2. The van der Waals surface area contributed by atoms with Gasteiger partial charge in [0.15, 0.2) is 0 Å². The lowest BCUT2D eigenvalue weighted by atomic mass is 10.2. The van der Waals surface area contributed by atoms with E-state index in [-0.39, 0.29) is 12.1 Å². The summed E-state index contributed by atoms with van der Waals surface area (Å²) in [7, 11) is 1.89. The van der Waals surface area contributed by atoms with E-state index >= 15 is 0 Å². The van der Waals surface area contributed by atoms with Gasteiger partial charge in [-0.1, -0.05) is 6.58 Å². The number of carbonyl (C=O) groups is 1. The molecular weight excluding hydrogens is 206 g/mol. The normalized spacial score (nSPS) is 10.4. The quantitative estimate of drug-likeness (QED) is 0.723. The molecule has 16 heavy (non-hydrogen) atoms. The second-order valence-corrected chi connectivity index (χ2v) is 3.79. The Balaban J connectivity index is 2.55. The van der Waals surface area contributed by atoms with Crippen LogP contribution < -0.4 is 5.32 Å². The van der Waals surface area contributed by atoms with Gasteiger partial charge in [0.1, 0.15) is 0 Å². The third-order valence-electron chi connectivity index (χ3n) is 2.60. The molecule has 1 rings (SSSR count). The van der Waals surface area contributed by atoms with Gasteiger partial charge >= 0.3 is 5.97 Å². The van der Waals surface area contributed by atoms with E-state index in [0.29, 0.717) is 6.54 Å². The number of hydrogen-bond donors (Lipinski definition) is 2. The van der Waals surface area contributed by atoms with E-state index in [4.69, 9.17) is 5.11 Å². The molecule has 0 radical (unpaired) electrons. The summed E-state index contributed by atoms with van der Waals surface area (Å²) in [4.78, 5) is 10.5. The van der Waals surface area contributed by atoms with Crippen molar-refractivity contribution < 1.29 is 9.90 Å². The van der Waals surface area contributed by atoms with E-state index in [1.807, 2.05) is 25.6 Å². The first kappa shape index (κ1) is 12.4. The van der Waals surface area contributed by atoms with Crippen LogP contribution in [0, 0.1) is 13.8 Å². The van der Waals surface area contributed by atoms with Crippen molar-refractivity contribution in [3.63, 3.8) is 0 Å². The average Bonchev–Trinajstić information content (AvgIpc) is 2.44. The highest BCUT2D eigenvalue weighted by atomic mass is 16.4. The smallest absolute Gasteiger partial charge is 0.332 e. The van der Waals surface area contributed by atoms with Crippen LogP contribution in [-0.4, -0.2) is 27.4 Å². The molecule has 5 nitrogen and oxygen atoms in total. The summed E-state index contributed by atoms with van der Waals surface area (Å²) < 4.78 is 1.82. The molecule has 0 bridgehead atoms. The number of carboxylic acid groups (broad SMARTS) is 1. The number of hydrogen-bond acceptors (Lipinski definition) is 3.